The molecule has 152 valence electrons. The van der Waals surface area contributed by atoms with Gasteiger partial charge in [-0.1, -0.05) is 30.3 Å². The number of carbonyl (C=O) groups excluding carboxylic acids is 3. The van der Waals surface area contributed by atoms with Crippen LogP contribution in [0.25, 0.3) is 0 Å². The summed E-state index contributed by atoms with van der Waals surface area (Å²) in [6, 6.07) is 12.1. The van der Waals surface area contributed by atoms with E-state index in [0.717, 1.165) is 10.5 Å². The van der Waals surface area contributed by atoms with Gasteiger partial charge in [-0.05, 0) is 24.1 Å². The van der Waals surface area contributed by atoms with Crippen molar-refractivity contribution in [2.24, 2.45) is 0 Å². The van der Waals surface area contributed by atoms with E-state index in [9.17, 15) is 14.4 Å². The van der Waals surface area contributed by atoms with E-state index in [4.69, 9.17) is 9.15 Å². The SMILES string of the molecule is O=C(CC[C@@H]1NC(=O)N(Cc2ccco2)C1=O)N1CCO[C@@H](c2ccccc2)C1. The van der Waals surface area contributed by atoms with Crippen molar-refractivity contribution in [3.8, 4) is 0 Å². The summed E-state index contributed by atoms with van der Waals surface area (Å²) in [5.41, 5.74) is 1.04. The normalized spacial score (nSPS) is 22.1. The fourth-order valence-electron chi connectivity index (χ4n) is 3.65. The molecule has 0 bridgehead atoms. The van der Waals surface area contributed by atoms with Crippen LogP contribution in [0.1, 0.15) is 30.3 Å². The molecule has 8 heteroatoms. The zero-order valence-corrected chi connectivity index (χ0v) is 16.0. The topological polar surface area (TPSA) is 92.1 Å². The number of ether oxygens (including phenoxy) is 1. The van der Waals surface area contributed by atoms with Gasteiger partial charge in [0, 0.05) is 13.0 Å². The van der Waals surface area contributed by atoms with Gasteiger partial charge >= 0.3 is 6.03 Å². The highest BCUT2D eigenvalue weighted by Crippen LogP contribution is 2.23. The van der Waals surface area contributed by atoms with E-state index in [-0.39, 0.29) is 37.3 Å². The number of imide groups is 1. The zero-order valence-electron chi connectivity index (χ0n) is 16.0. The van der Waals surface area contributed by atoms with E-state index in [1.165, 1.54) is 6.26 Å². The highest BCUT2D eigenvalue weighted by atomic mass is 16.5. The Morgan fingerprint density at radius 3 is 2.72 bits per heavy atom. The van der Waals surface area contributed by atoms with Crippen molar-refractivity contribution in [1.29, 1.82) is 0 Å². The van der Waals surface area contributed by atoms with Gasteiger partial charge in [0.1, 0.15) is 17.9 Å². The lowest BCUT2D eigenvalue weighted by molar-refractivity contribution is -0.139. The van der Waals surface area contributed by atoms with Crippen LogP contribution in [0.3, 0.4) is 0 Å². The molecule has 2 aliphatic rings. The van der Waals surface area contributed by atoms with Crippen molar-refractivity contribution >= 4 is 17.8 Å². The Bertz CT molecular complexity index is 868. The Hall–Kier alpha value is -3.13. The predicted molar refractivity (Wildman–Crippen MR) is 103 cm³/mol. The minimum absolute atomic E-state index is 0.0410. The monoisotopic (exact) mass is 397 g/mol. The summed E-state index contributed by atoms with van der Waals surface area (Å²) in [4.78, 5) is 40.2. The van der Waals surface area contributed by atoms with Crippen LogP contribution in [0.4, 0.5) is 4.79 Å². The Balaban J connectivity index is 1.30. The second-order valence-electron chi connectivity index (χ2n) is 7.15. The average Bonchev–Trinajstić information content (AvgIpc) is 3.36. The quantitative estimate of drug-likeness (QED) is 0.754. The van der Waals surface area contributed by atoms with E-state index < -0.39 is 12.1 Å². The second-order valence-corrected chi connectivity index (χ2v) is 7.15. The van der Waals surface area contributed by atoms with E-state index in [1.807, 2.05) is 30.3 Å². The summed E-state index contributed by atoms with van der Waals surface area (Å²) in [6.45, 7) is 1.57. The van der Waals surface area contributed by atoms with Crippen molar-refractivity contribution in [3.05, 3.63) is 60.1 Å². The van der Waals surface area contributed by atoms with E-state index >= 15 is 0 Å². The van der Waals surface area contributed by atoms with Gasteiger partial charge in [-0.2, -0.15) is 0 Å². The van der Waals surface area contributed by atoms with Crippen molar-refractivity contribution in [2.45, 2.75) is 31.5 Å². The van der Waals surface area contributed by atoms with Gasteiger partial charge < -0.3 is 19.4 Å². The summed E-state index contributed by atoms with van der Waals surface area (Å²) in [5, 5.41) is 2.66. The average molecular weight is 397 g/mol. The van der Waals surface area contributed by atoms with Crippen LogP contribution < -0.4 is 5.32 Å². The van der Waals surface area contributed by atoms with Gasteiger partial charge in [0.05, 0.1) is 26.0 Å². The Morgan fingerprint density at radius 1 is 1.14 bits per heavy atom. The molecule has 1 aromatic carbocycles. The lowest BCUT2D eigenvalue weighted by Crippen LogP contribution is -2.43. The van der Waals surface area contributed by atoms with Crippen LogP contribution in [0.15, 0.2) is 53.1 Å². The maximum Gasteiger partial charge on any atom is 0.325 e. The summed E-state index contributed by atoms with van der Waals surface area (Å²) in [5.74, 6) is 0.162. The molecule has 2 aromatic rings. The summed E-state index contributed by atoms with van der Waals surface area (Å²) in [7, 11) is 0. The molecule has 2 fully saturated rings. The van der Waals surface area contributed by atoms with Crippen LogP contribution in [-0.4, -0.2) is 53.4 Å². The Kier molecular flexibility index (Phi) is 5.62. The third-order valence-corrected chi connectivity index (χ3v) is 5.24. The first-order valence-electron chi connectivity index (χ1n) is 9.70. The van der Waals surface area contributed by atoms with E-state index in [2.05, 4.69) is 5.32 Å². The Labute approximate surface area is 168 Å². The number of hydrogen-bond acceptors (Lipinski definition) is 5. The maximum absolute atomic E-state index is 12.7. The first kappa shape index (κ1) is 19.2. The van der Waals surface area contributed by atoms with Crippen LogP contribution in [0.5, 0.6) is 0 Å². The van der Waals surface area contributed by atoms with Crippen LogP contribution >= 0.6 is 0 Å². The number of nitrogens with zero attached hydrogens (tertiary/aromatic N) is 2. The number of furan rings is 1. The van der Waals surface area contributed by atoms with Crippen molar-refractivity contribution < 1.29 is 23.5 Å². The number of urea groups is 1. The van der Waals surface area contributed by atoms with Crippen molar-refractivity contribution in [2.75, 3.05) is 19.7 Å². The fourth-order valence-corrected chi connectivity index (χ4v) is 3.65. The predicted octanol–water partition coefficient (Wildman–Crippen LogP) is 2.08. The molecule has 0 saturated carbocycles. The minimum Gasteiger partial charge on any atom is -0.467 e. The van der Waals surface area contributed by atoms with Crippen molar-refractivity contribution in [3.63, 3.8) is 0 Å². The highest BCUT2D eigenvalue weighted by Gasteiger charge is 2.38. The molecule has 3 heterocycles. The standard InChI is InChI=1S/C21H23N3O5/c25-19(23-10-12-29-18(14-23)15-5-2-1-3-6-15)9-8-17-20(26)24(21(27)22-17)13-16-7-4-11-28-16/h1-7,11,17-18H,8-10,12-14H2,(H,22,27)/t17-,18+/m0/s1. The third-order valence-electron chi connectivity index (χ3n) is 5.24. The number of amides is 4. The summed E-state index contributed by atoms with van der Waals surface area (Å²) < 4.78 is 11.0. The number of carbonyl (C=O) groups is 3. The number of benzene rings is 1. The van der Waals surface area contributed by atoms with E-state index in [0.29, 0.717) is 25.5 Å². The van der Waals surface area contributed by atoms with Gasteiger partial charge in [0.15, 0.2) is 0 Å². The summed E-state index contributed by atoms with van der Waals surface area (Å²) in [6.07, 6.45) is 1.80. The first-order valence-corrected chi connectivity index (χ1v) is 9.70. The van der Waals surface area contributed by atoms with Crippen molar-refractivity contribution in [1.82, 2.24) is 15.1 Å². The number of rotatable bonds is 6. The molecule has 4 rings (SSSR count). The molecular weight excluding hydrogens is 374 g/mol. The lowest BCUT2D eigenvalue weighted by Gasteiger charge is -2.33. The molecule has 0 radical (unpaired) electrons. The molecule has 4 amide bonds. The van der Waals surface area contributed by atoms with Gasteiger partial charge in [-0.15, -0.1) is 0 Å². The largest absolute Gasteiger partial charge is 0.467 e. The smallest absolute Gasteiger partial charge is 0.325 e. The molecule has 1 aromatic heterocycles. The van der Waals surface area contributed by atoms with Crippen LogP contribution in [0.2, 0.25) is 0 Å². The second kappa shape index (κ2) is 8.48. The number of morpholine rings is 1. The zero-order chi connectivity index (χ0) is 20.2. The molecule has 0 aliphatic carbocycles. The molecule has 2 saturated heterocycles. The first-order chi connectivity index (χ1) is 14.1. The lowest BCUT2D eigenvalue weighted by atomic mass is 10.1. The molecule has 2 aliphatic heterocycles. The van der Waals surface area contributed by atoms with Gasteiger partial charge in [-0.25, -0.2) is 4.79 Å². The third kappa shape index (κ3) is 4.32. The molecule has 0 unspecified atom stereocenters. The van der Waals surface area contributed by atoms with E-state index in [1.54, 1.807) is 17.0 Å². The molecule has 8 nitrogen and oxygen atoms in total. The van der Waals surface area contributed by atoms with Gasteiger partial charge in [-0.3, -0.25) is 14.5 Å². The number of hydrogen-bond donors (Lipinski definition) is 1. The molecule has 0 spiro atoms. The Morgan fingerprint density at radius 2 is 1.97 bits per heavy atom. The van der Waals surface area contributed by atoms with Crippen LogP contribution in [0, 0.1) is 0 Å². The van der Waals surface area contributed by atoms with Gasteiger partial charge in [0.25, 0.3) is 5.91 Å². The fraction of sp³-hybridized carbons (Fsp3) is 0.381. The minimum atomic E-state index is -0.688. The maximum atomic E-state index is 12.7. The molecule has 1 N–H and O–H groups in total. The highest BCUT2D eigenvalue weighted by molar-refractivity contribution is 6.04. The molecule has 29 heavy (non-hydrogen) atoms. The van der Waals surface area contributed by atoms with Crippen LogP contribution in [-0.2, 0) is 20.9 Å². The number of nitrogens with one attached hydrogen (secondary N) is 1. The molecular formula is C21H23N3O5. The van der Waals surface area contributed by atoms with Gasteiger partial charge in [0.2, 0.25) is 5.91 Å². The molecule has 2 atom stereocenters. The summed E-state index contributed by atoms with van der Waals surface area (Å²) >= 11 is 0.